The summed E-state index contributed by atoms with van der Waals surface area (Å²) < 4.78 is 10.7. The lowest BCUT2D eigenvalue weighted by molar-refractivity contribution is 0.0303. The number of hydrogen-bond acceptors (Lipinski definition) is 5. The largest absolute Gasteiger partial charge is 0.477 e. The predicted octanol–water partition coefficient (Wildman–Crippen LogP) is 2.21. The van der Waals surface area contributed by atoms with Crippen molar-refractivity contribution in [3.05, 3.63) is 53.7 Å². The predicted molar refractivity (Wildman–Crippen MR) is 96.5 cm³/mol. The molecule has 0 spiro atoms. The van der Waals surface area contributed by atoms with Gasteiger partial charge in [0.2, 0.25) is 5.88 Å². The number of ether oxygens (including phenoxy) is 2. The molecule has 0 bridgehead atoms. The SMILES string of the molecule is CCOc1ncccc1C(=O)Nc1cccc(C(=O)N2CCOCC2)c1. The number of carbonyl (C=O) groups is 2. The van der Waals surface area contributed by atoms with Crippen LogP contribution < -0.4 is 10.1 Å². The van der Waals surface area contributed by atoms with Crippen LogP contribution in [0.2, 0.25) is 0 Å². The minimum absolute atomic E-state index is 0.0687. The summed E-state index contributed by atoms with van der Waals surface area (Å²) in [4.78, 5) is 31.0. The van der Waals surface area contributed by atoms with E-state index in [1.807, 2.05) is 6.92 Å². The summed E-state index contributed by atoms with van der Waals surface area (Å²) in [5.74, 6) is -0.119. The summed E-state index contributed by atoms with van der Waals surface area (Å²) in [6.45, 7) is 4.48. The third-order valence-corrected chi connectivity index (χ3v) is 3.96. The number of carbonyl (C=O) groups excluding carboxylic acids is 2. The van der Waals surface area contributed by atoms with Crippen LogP contribution in [0.15, 0.2) is 42.6 Å². The van der Waals surface area contributed by atoms with E-state index in [9.17, 15) is 9.59 Å². The van der Waals surface area contributed by atoms with Gasteiger partial charge in [-0.2, -0.15) is 0 Å². The number of morpholine rings is 1. The van der Waals surface area contributed by atoms with E-state index in [2.05, 4.69) is 10.3 Å². The molecule has 7 nitrogen and oxygen atoms in total. The lowest BCUT2D eigenvalue weighted by Gasteiger charge is -2.27. The molecule has 0 aliphatic carbocycles. The Hall–Kier alpha value is -2.93. The van der Waals surface area contributed by atoms with Crippen molar-refractivity contribution in [2.45, 2.75) is 6.92 Å². The number of rotatable bonds is 5. The van der Waals surface area contributed by atoms with Gasteiger partial charge in [-0.25, -0.2) is 4.98 Å². The molecule has 1 N–H and O–H groups in total. The van der Waals surface area contributed by atoms with Gasteiger partial charge in [0.15, 0.2) is 0 Å². The summed E-state index contributed by atoms with van der Waals surface area (Å²) in [5, 5.41) is 2.80. The molecule has 1 aromatic carbocycles. The van der Waals surface area contributed by atoms with Crippen LogP contribution in [0.25, 0.3) is 0 Å². The van der Waals surface area contributed by atoms with Crippen molar-refractivity contribution in [3.63, 3.8) is 0 Å². The Morgan fingerprint density at radius 1 is 1.23 bits per heavy atom. The van der Waals surface area contributed by atoms with Gasteiger partial charge in [0.1, 0.15) is 5.56 Å². The molecule has 1 saturated heterocycles. The third kappa shape index (κ3) is 4.18. The van der Waals surface area contributed by atoms with Crippen LogP contribution in [0.4, 0.5) is 5.69 Å². The standard InChI is InChI=1S/C19H21N3O4/c1-2-26-18-16(7-4-8-20-18)17(23)21-15-6-3-5-14(13-15)19(24)22-9-11-25-12-10-22/h3-8,13H,2,9-12H2,1H3,(H,21,23). The fraction of sp³-hybridized carbons (Fsp3) is 0.316. The van der Waals surface area contributed by atoms with Gasteiger partial charge in [0.05, 0.1) is 19.8 Å². The second-order valence-corrected chi connectivity index (χ2v) is 5.73. The highest BCUT2D eigenvalue weighted by Crippen LogP contribution is 2.18. The van der Waals surface area contributed by atoms with E-state index in [-0.39, 0.29) is 17.7 Å². The molecular formula is C19H21N3O4. The first kappa shape index (κ1) is 17.9. The molecule has 7 heteroatoms. The molecule has 0 unspecified atom stereocenters. The van der Waals surface area contributed by atoms with Gasteiger partial charge in [0.25, 0.3) is 11.8 Å². The Balaban J connectivity index is 1.74. The number of aromatic nitrogens is 1. The van der Waals surface area contributed by atoms with Crippen molar-refractivity contribution < 1.29 is 19.1 Å². The first-order valence-corrected chi connectivity index (χ1v) is 8.55. The lowest BCUT2D eigenvalue weighted by atomic mass is 10.1. The highest BCUT2D eigenvalue weighted by Gasteiger charge is 2.19. The normalized spacial score (nSPS) is 14.0. The molecule has 136 valence electrons. The van der Waals surface area contributed by atoms with Crippen LogP contribution in [0, 0.1) is 0 Å². The second kappa shape index (κ2) is 8.44. The third-order valence-electron chi connectivity index (χ3n) is 3.96. The van der Waals surface area contributed by atoms with Gasteiger partial charge in [-0.1, -0.05) is 6.07 Å². The van der Waals surface area contributed by atoms with Crippen LogP contribution >= 0.6 is 0 Å². The molecule has 26 heavy (non-hydrogen) atoms. The fourth-order valence-corrected chi connectivity index (χ4v) is 2.69. The number of nitrogens with zero attached hydrogens (tertiary/aromatic N) is 2. The van der Waals surface area contributed by atoms with Crippen molar-refractivity contribution in [2.24, 2.45) is 0 Å². The Morgan fingerprint density at radius 2 is 2.04 bits per heavy atom. The van der Waals surface area contributed by atoms with E-state index in [0.717, 1.165) is 0 Å². The summed E-state index contributed by atoms with van der Waals surface area (Å²) >= 11 is 0. The molecular weight excluding hydrogens is 334 g/mol. The molecule has 1 aliphatic heterocycles. The van der Waals surface area contributed by atoms with Crippen LogP contribution in [0.3, 0.4) is 0 Å². The number of nitrogens with one attached hydrogen (secondary N) is 1. The summed E-state index contributed by atoms with van der Waals surface area (Å²) in [5.41, 5.74) is 1.42. The maximum absolute atomic E-state index is 12.6. The molecule has 1 aliphatic rings. The van der Waals surface area contributed by atoms with Gasteiger partial charge in [0, 0.05) is 30.5 Å². The first-order chi connectivity index (χ1) is 12.7. The molecule has 0 saturated carbocycles. The van der Waals surface area contributed by atoms with Crippen molar-refractivity contribution in [1.82, 2.24) is 9.88 Å². The van der Waals surface area contributed by atoms with E-state index in [1.54, 1.807) is 47.5 Å². The van der Waals surface area contributed by atoms with Crippen molar-refractivity contribution in [1.29, 1.82) is 0 Å². The minimum Gasteiger partial charge on any atom is -0.477 e. The van der Waals surface area contributed by atoms with Crippen LogP contribution in [-0.2, 0) is 4.74 Å². The maximum Gasteiger partial charge on any atom is 0.261 e. The maximum atomic E-state index is 12.6. The monoisotopic (exact) mass is 355 g/mol. The van der Waals surface area contributed by atoms with Crippen molar-refractivity contribution in [3.8, 4) is 5.88 Å². The highest BCUT2D eigenvalue weighted by atomic mass is 16.5. The molecule has 2 heterocycles. The lowest BCUT2D eigenvalue weighted by Crippen LogP contribution is -2.40. The second-order valence-electron chi connectivity index (χ2n) is 5.73. The molecule has 2 amide bonds. The van der Waals surface area contributed by atoms with Crippen LogP contribution in [0.5, 0.6) is 5.88 Å². The topological polar surface area (TPSA) is 80.8 Å². The Morgan fingerprint density at radius 3 is 2.81 bits per heavy atom. The van der Waals surface area contributed by atoms with E-state index in [1.165, 1.54) is 0 Å². The number of benzene rings is 1. The summed E-state index contributed by atoms with van der Waals surface area (Å²) in [6.07, 6.45) is 1.57. The Kier molecular flexibility index (Phi) is 5.80. The van der Waals surface area contributed by atoms with Gasteiger partial charge >= 0.3 is 0 Å². The van der Waals surface area contributed by atoms with Gasteiger partial charge in [-0.15, -0.1) is 0 Å². The summed E-state index contributed by atoms with van der Waals surface area (Å²) in [6, 6.07) is 10.2. The van der Waals surface area contributed by atoms with Crippen LogP contribution in [0.1, 0.15) is 27.6 Å². The molecule has 0 radical (unpaired) electrons. The average Bonchev–Trinajstić information content (AvgIpc) is 2.69. The smallest absolute Gasteiger partial charge is 0.261 e. The van der Waals surface area contributed by atoms with E-state index in [4.69, 9.17) is 9.47 Å². The average molecular weight is 355 g/mol. The minimum atomic E-state index is -0.336. The molecule has 2 aromatic rings. The molecule has 0 atom stereocenters. The van der Waals surface area contributed by atoms with Gasteiger partial charge < -0.3 is 19.7 Å². The van der Waals surface area contributed by atoms with Gasteiger partial charge in [-0.3, -0.25) is 9.59 Å². The van der Waals surface area contributed by atoms with E-state index >= 15 is 0 Å². The zero-order chi connectivity index (χ0) is 18.4. The number of pyridine rings is 1. The van der Waals surface area contributed by atoms with Crippen molar-refractivity contribution >= 4 is 17.5 Å². The molecule has 1 fully saturated rings. The number of amides is 2. The summed E-state index contributed by atoms with van der Waals surface area (Å²) in [7, 11) is 0. The quantitative estimate of drug-likeness (QED) is 0.889. The highest BCUT2D eigenvalue weighted by molar-refractivity contribution is 6.06. The van der Waals surface area contributed by atoms with E-state index < -0.39 is 0 Å². The van der Waals surface area contributed by atoms with Gasteiger partial charge in [-0.05, 0) is 37.3 Å². The van der Waals surface area contributed by atoms with Crippen LogP contribution in [-0.4, -0.2) is 54.6 Å². The zero-order valence-electron chi connectivity index (χ0n) is 14.6. The number of hydrogen-bond donors (Lipinski definition) is 1. The Labute approximate surface area is 151 Å². The number of anilines is 1. The fourth-order valence-electron chi connectivity index (χ4n) is 2.69. The molecule has 1 aromatic heterocycles. The van der Waals surface area contributed by atoms with Crippen molar-refractivity contribution in [2.75, 3.05) is 38.2 Å². The van der Waals surface area contributed by atoms with E-state index in [0.29, 0.717) is 49.7 Å². The Bertz CT molecular complexity index is 788. The first-order valence-electron chi connectivity index (χ1n) is 8.55. The molecule has 3 rings (SSSR count). The zero-order valence-corrected chi connectivity index (χ0v) is 14.6.